The van der Waals surface area contributed by atoms with Gasteiger partial charge in [0.1, 0.15) is 4.90 Å². The minimum atomic E-state index is -4.04. The molecule has 0 fully saturated rings. The molecule has 0 saturated heterocycles. The molecule has 2 aromatic heterocycles. The lowest BCUT2D eigenvalue weighted by Gasteiger charge is -2.19. The zero-order valence-corrected chi connectivity index (χ0v) is 17.8. The topological polar surface area (TPSA) is 108 Å². The number of fused-ring (bicyclic) bond motifs is 1. The highest BCUT2D eigenvalue weighted by atomic mass is 32.2. The average molecular weight is 425 g/mol. The van der Waals surface area contributed by atoms with Crippen molar-refractivity contribution in [3.8, 4) is 5.88 Å². The lowest BCUT2D eigenvalue weighted by molar-refractivity contribution is 0.470. The third-order valence-electron chi connectivity index (χ3n) is 5.34. The molecule has 4 rings (SSSR count). The van der Waals surface area contributed by atoms with E-state index in [2.05, 4.69) is 15.0 Å². The number of pyridine rings is 1. The Hall–Kier alpha value is -3.00. The smallest absolute Gasteiger partial charge is 0.340 e. The molecule has 1 aliphatic carbocycles. The Morgan fingerprint density at radius 1 is 1.07 bits per heavy atom. The van der Waals surface area contributed by atoms with E-state index in [1.54, 1.807) is 18.3 Å². The van der Waals surface area contributed by atoms with Gasteiger partial charge in [-0.3, -0.25) is 4.98 Å². The fourth-order valence-corrected chi connectivity index (χ4v) is 4.75. The highest BCUT2D eigenvalue weighted by molar-refractivity contribution is 7.87. The van der Waals surface area contributed by atoms with Crippen molar-refractivity contribution in [3.05, 3.63) is 70.7 Å². The van der Waals surface area contributed by atoms with Crippen LogP contribution >= 0.6 is 0 Å². The standard InChI is InChI=1S/C22H24N4O3S/c1-14-7-9-17(10-8-14)30(27,28)29-21-19-6-4-3-5-18(20(19)25-22(23)26-21)16-11-12-24-15(2)13-16/h7-13,18H,3-6H2,1-2H3,(H2,23,25,26). The van der Waals surface area contributed by atoms with Crippen molar-refractivity contribution >= 4 is 16.1 Å². The minimum Gasteiger partial charge on any atom is -0.368 e. The second-order valence-corrected chi connectivity index (χ2v) is 9.18. The van der Waals surface area contributed by atoms with Crippen LogP contribution in [0, 0.1) is 13.8 Å². The summed E-state index contributed by atoms with van der Waals surface area (Å²) in [6.45, 7) is 3.83. The molecule has 1 aromatic carbocycles. The van der Waals surface area contributed by atoms with E-state index in [4.69, 9.17) is 9.92 Å². The molecule has 0 aliphatic heterocycles. The van der Waals surface area contributed by atoms with E-state index in [0.717, 1.165) is 41.8 Å². The molecule has 0 radical (unpaired) electrons. The predicted octanol–water partition coefficient (Wildman–Crippen LogP) is 3.70. The molecule has 1 unspecified atom stereocenters. The summed E-state index contributed by atoms with van der Waals surface area (Å²) in [5.41, 5.74) is 10.4. The number of aromatic nitrogens is 3. The maximum absolute atomic E-state index is 12.9. The molecule has 3 aromatic rings. The van der Waals surface area contributed by atoms with Gasteiger partial charge in [0.25, 0.3) is 0 Å². The van der Waals surface area contributed by atoms with Crippen LogP contribution in [0.5, 0.6) is 5.88 Å². The largest absolute Gasteiger partial charge is 0.368 e. The number of nitrogen functional groups attached to an aromatic ring is 1. The summed E-state index contributed by atoms with van der Waals surface area (Å²) in [7, 11) is -4.04. The van der Waals surface area contributed by atoms with Crippen LogP contribution in [-0.4, -0.2) is 23.4 Å². The van der Waals surface area contributed by atoms with Gasteiger partial charge in [0, 0.05) is 23.4 Å². The number of nitrogens with zero attached hydrogens (tertiary/aromatic N) is 3. The quantitative estimate of drug-likeness (QED) is 0.502. The zero-order valence-electron chi connectivity index (χ0n) is 17.0. The number of nitrogens with two attached hydrogens (primary N) is 1. The van der Waals surface area contributed by atoms with Gasteiger partial charge in [-0.15, -0.1) is 0 Å². The van der Waals surface area contributed by atoms with E-state index in [1.165, 1.54) is 12.1 Å². The molecule has 8 heteroatoms. The third kappa shape index (κ3) is 4.14. The first-order chi connectivity index (χ1) is 14.3. The van der Waals surface area contributed by atoms with E-state index < -0.39 is 10.1 Å². The Balaban J connectivity index is 1.78. The average Bonchev–Trinajstić information content (AvgIpc) is 2.90. The molecule has 0 saturated carbocycles. The summed E-state index contributed by atoms with van der Waals surface area (Å²) in [4.78, 5) is 13.0. The Morgan fingerprint density at radius 3 is 2.57 bits per heavy atom. The molecular formula is C22H24N4O3S. The number of aryl methyl sites for hydroxylation is 2. The molecule has 1 aliphatic rings. The van der Waals surface area contributed by atoms with Crippen LogP contribution in [0.4, 0.5) is 5.95 Å². The Morgan fingerprint density at radius 2 is 1.83 bits per heavy atom. The maximum Gasteiger partial charge on any atom is 0.340 e. The van der Waals surface area contributed by atoms with Crippen molar-refractivity contribution in [2.24, 2.45) is 0 Å². The summed E-state index contributed by atoms with van der Waals surface area (Å²) < 4.78 is 31.2. The van der Waals surface area contributed by atoms with Gasteiger partial charge >= 0.3 is 10.1 Å². The highest BCUT2D eigenvalue weighted by Crippen LogP contribution is 2.38. The van der Waals surface area contributed by atoms with Crippen LogP contribution < -0.4 is 9.92 Å². The van der Waals surface area contributed by atoms with Gasteiger partial charge in [-0.2, -0.15) is 13.4 Å². The highest BCUT2D eigenvalue weighted by Gasteiger charge is 2.29. The molecule has 1 atom stereocenters. The van der Waals surface area contributed by atoms with Gasteiger partial charge in [0.2, 0.25) is 11.8 Å². The second kappa shape index (κ2) is 8.02. The van der Waals surface area contributed by atoms with Gasteiger partial charge in [0.05, 0.1) is 5.69 Å². The molecule has 2 heterocycles. The summed E-state index contributed by atoms with van der Waals surface area (Å²) in [5, 5.41) is 0. The van der Waals surface area contributed by atoms with Crippen LogP contribution in [-0.2, 0) is 16.5 Å². The van der Waals surface area contributed by atoms with Gasteiger partial charge < -0.3 is 9.92 Å². The monoisotopic (exact) mass is 424 g/mol. The van der Waals surface area contributed by atoms with E-state index in [1.807, 2.05) is 26.0 Å². The van der Waals surface area contributed by atoms with E-state index in [-0.39, 0.29) is 22.6 Å². The van der Waals surface area contributed by atoms with Crippen molar-refractivity contribution in [3.63, 3.8) is 0 Å². The first kappa shape index (κ1) is 20.3. The zero-order chi connectivity index (χ0) is 21.3. The van der Waals surface area contributed by atoms with Crippen LogP contribution in [0.15, 0.2) is 47.5 Å². The van der Waals surface area contributed by atoms with Gasteiger partial charge in [-0.1, -0.05) is 24.1 Å². The first-order valence-electron chi connectivity index (χ1n) is 9.93. The lowest BCUT2D eigenvalue weighted by atomic mass is 9.91. The molecule has 30 heavy (non-hydrogen) atoms. The molecule has 0 spiro atoms. The number of hydrogen-bond donors (Lipinski definition) is 1. The van der Waals surface area contributed by atoms with Crippen LogP contribution in [0.25, 0.3) is 0 Å². The van der Waals surface area contributed by atoms with Crippen molar-refractivity contribution in [1.82, 2.24) is 15.0 Å². The minimum absolute atomic E-state index is 0.000495. The molecule has 7 nitrogen and oxygen atoms in total. The molecule has 2 N–H and O–H groups in total. The van der Waals surface area contributed by atoms with E-state index in [0.29, 0.717) is 12.0 Å². The van der Waals surface area contributed by atoms with E-state index >= 15 is 0 Å². The Labute approximate surface area is 176 Å². The van der Waals surface area contributed by atoms with Crippen molar-refractivity contribution in [2.45, 2.75) is 50.3 Å². The lowest BCUT2D eigenvalue weighted by Crippen LogP contribution is -2.16. The van der Waals surface area contributed by atoms with Gasteiger partial charge in [0.15, 0.2) is 0 Å². The molecular weight excluding hydrogens is 400 g/mol. The molecule has 0 bridgehead atoms. The molecule has 156 valence electrons. The maximum atomic E-state index is 12.9. The van der Waals surface area contributed by atoms with E-state index in [9.17, 15) is 8.42 Å². The number of hydrogen-bond acceptors (Lipinski definition) is 7. The van der Waals surface area contributed by atoms with Crippen LogP contribution in [0.1, 0.15) is 53.3 Å². The second-order valence-electron chi connectivity index (χ2n) is 7.63. The van der Waals surface area contributed by atoms with Crippen molar-refractivity contribution in [2.75, 3.05) is 5.73 Å². The Bertz CT molecular complexity index is 1180. The van der Waals surface area contributed by atoms with Crippen LogP contribution in [0.2, 0.25) is 0 Å². The molecule has 0 amide bonds. The summed E-state index contributed by atoms with van der Waals surface area (Å²) in [6, 6.07) is 10.5. The number of rotatable bonds is 4. The predicted molar refractivity (Wildman–Crippen MR) is 114 cm³/mol. The van der Waals surface area contributed by atoms with Crippen LogP contribution in [0.3, 0.4) is 0 Å². The van der Waals surface area contributed by atoms with Gasteiger partial charge in [-0.25, -0.2) is 4.98 Å². The first-order valence-corrected chi connectivity index (χ1v) is 11.3. The number of benzene rings is 1. The van der Waals surface area contributed by atoms with Crippen molar-refractivity contribution < 1.29 is 12.6 Å². The van der Waals surface area contributed by atoms with Gasteiger partial charge in [-0.05, 0) is 62.9 Å². The van der Waals surface area contributed by atoms with Crippen molar-refractivity contribution in [1.29, 1.82) is 0 Å². The summed E-state index contributed by atoms with van der Waals surface area (Å²) in [6.07, 6.45) is 5.17. The number of anilines is 1. The fraction of sp³-hybridized carbons (Fsp3) is 0.318. The summed E-state index contributed by atoms with van der Waals surface area (Å²) >= 11 is 0. The Kier molecular flexibility index (Phi) is 5.42. The normalized spacial score (nSPS) is 16.5. The fourth-order valence-electron chi connectivity index (χ4n) is 3.84. The SMILES string of the molecule is Cc1ccc(S(=O)(=O)Oc2nc(N)nc3c2CCCCC3c2ccnc(C)c2)cc1. The third-order valence-corrected chi connectivity index (χ3v) is 6.57. The summed E-state index contributed by atoms with van der Waals surface area (Å²) in [5.74, 6) is 0.00946.